The van der Waals surface area contributed by atoms with Gasteiger partial charge in [0.2, 0.25) is 0 Å². The van der Waals surface area contributed by atoms with Crippen LogP contribution in [-0.4, -0.2) is 62.7 Å². The summed E-state index contributed by atoms with van der Waals surface area (Å²) in [4.78, 5) is 5.06. The van der Waals surface area contributed by atoms with Crippen molar-refractivity contribution in [3.8, 4) is 0 Å². The molecule has 1 saturated heterocycles. The minimum Gasteiger partial charge on any atom is -0.297 e. The lowest BCUT2D eigenvalue weighted by Gasteiger charge is -2.39. The van der Waals surface area contributed by atoms with Crippen molar-refractivity contribution in [1.82, 2.24) is 30.0 Å². The van der Waals surface area contributed by atoms with E-state index in [1.54, 1.807) is 0 Å². The van der Waals surface area contributed by atoms with Gasteiger partial charge in [0.15, 0.2) is 5.82 Å². The smallest absolute Gasteiger partial charge is 0.168 e. The zero-order valence-corrected chi connectivity index (χ0v) is 16.5. The third-order valence-electron chi connectivity index (χ3n) is 5.42. The maximum atomic E-state index is 4.48. The van der Waals surface area contributed by atoms with Crippen LogP contribution in [0.4, 0.5) is 0 Å². The Bertz CT molecular complexity index is 517. The normalized spacial score (nSPS) is 21.4. The molecule has 1 aromatic rings. The van der Waals surface area contributed by atoms with Crippen LogP contribution in [0.25, 0.3) is 0 Å². The lowest BCUT2D eigenvalue weighted by Crippen LogP contribution is -2.48. The van der Waals surface area contributed by atoms with Crippen molar-refractivity contribution in [3.05, 3.63) is 18.5 Å². The third kappa shape index (κ3) is 5.02. The molecule has 1 aliphatic heterocycles. The number of aromatic nitrogens is 4. The monoisotopic (exact) mass is 368 g/mol. The van der Waals surface area contributed by atoms with Gasteiger partial charge in [-0.15, -0.1) is 24.1 Å². The maximum absolute atomic E-state index is 4.48. The van der Waals surface area contributed by atoms with Crippen molar-refractivity contribution < 1.29 is 0 Å². The first-order valence-corrected chi connectivity index (χ1v) is 9.54. The molecule has 6 nitrogen and oxygen atoms in total. The van der Waals surface area contributed by atoms with E-state index in [2.05, 4.69) is 50.4 Å². The van der Waals surface area contributed by atoms with Crippen molar-refractivity contribution in [3.63, 3.8) is 0 Å². The van der Waals surface area contributed by atoms with Gasteiger partial charge in [-0.1, -0.05) is 32.8 Å². The molecule has 7 heteroatoms. The van der Waals surface area contributed by atoms with E-state index in [4.69, 9.17) is 0 Å². The molecule has 2 fully saturated rings. The summed E-state index contributed by atoms with van der Waals surface area (Å²) in [5.74, 6) is 1.72. The van der Waals surface area contributed by atoms with Gasteiger partial charge in [-0.2, -0.15) is 0 Å². The Morgan fingerprint density at radius 3 is 2.44 bits per heavy atom. The molecule has 0 bridgehead atoms. The molecule has 1 saturated carbocycles. The zero-order chi connectivity index (χ0) is 16.9. The molecular weight excluding hydrogens is 336 g/mol. The second-order valence-electron chi connectivity index (χ2n) is 7.69. The van der Waals surface area contributed by atoms with Crippen LogP contribution in [0.1, 0.15) is 63.9 Å². The summed E-state index contributed by atoms with van der Waals surface area (Å²) in [7, 11) is 0. The van der Waals surface area contributed by atoms with Gasteiger partial charge in [-0.05, 0) is 35.6 Å². The van der Waals surface area contributed by atoms with Crippen LogP contribution < -0.4 is 0 Å². The molecule has 0 spiro atoms. The molecule has 0 N–H and O–H groups in total. The predicted octanol–water partition coefficient (Wildman–Crippen LogP) is 3.10. The van der Waals surface area contributed by atoms with Crippen LogP contribution in [-0.2, 0) is 0 Å². The molecule has 3 rings (SSSR count). The van der Waals surface area contributed by atoms with E-state index in [0.717, 1.165) is 45.0 Å². The highest BCUT2D eigenvalue weighted by molar-refractivity contribution is 5.85. The van der Waals surface area contributed by atoms with E-state index in [1.165, 1.54) is 25.7 Å². The van der Waals surface area contributed by atoms with Gasteiger partial charge in [0, 0.05) is 32.7 Å². The molecule has 0 aromatic carbocycles. The molecule has 0 radical (unpaired) electrons. The summed E-state index contributed by atoms with van der Waals surface area (Å²) in [5, 5.41) is 12.9. The molecule has 1 unspecified atom stereocenters. The number of nitrogens with zero attached hydrogens (tertiary/aromatic N) is 6. The van der Waals surface area contributed by atoms with Crippen LogP contribution in [0.3, 0.4) is 0 Å². The Balaban J connectivity index is 0.00000225. The second kappa shape index (κ2) is 9.64. The maximum Gasteiger partial charge on any atom is 0.168 e. The molecule has 1 atom stereocenters. The minimum atomic E-state index is 0. The highest BCUT2D eigenvalue weighted by atomic mass is 35.5. The fourth-order valence-electron chi connectivity index (χ4n) is 4.13. The summed E-state index contributed by atoms with van der Waals surface area (Å²) in [5.41, 5.74) is 0. The lowest BCUT2D eigenvalue weighted by atomic mass is 10.0. The number of halogens is 1. The number of rotatable bonds is 7. The van der Waals surface area contributed by atoms with Crippen molar-refractivity contribution in [2.24, 2.45) is 5.92 Å². The Hall–Kier alpha value is -0.980. The van der Waals surface area contributed by atoms with Gasteiger partial charge >= 0.3 is 0 Å². The molecule has 1 aromatic heterocycles. The van der Waals surface area contributed by atoms with E-state index >= 15 is 0 Å². The first-order valence-electron chi connectivity index (χ1n) is 9.54. The van der Waals surface area contributed by atoms with Crippen LogP contribution >= 0.6 is 12.4 Å². The van der Waals surface area contributed by atoms with Gasteiger partial charge in [0.1, 0.15) is 0 Å². The first kappa shape index (κ1) is 20.3. The summed E-state index contributed by atoms with van der Waals surface area (Å²) in [6, 6.07) is 0.846. The standard InChI is InChI=1S/C18H32N6.ClH/c1-4-9-22-10-12-23(13-11-22)17(14-15(2)3)18-19-20-21-24(18)16-7-5-6-8-16;/h4,15-17H,1,5-14H2,2-3H3;1H. The quantitative estimate of drug-likeness (QED) is 0.692. The fraction of sp³-hybridized carbons (Fsp3) is 0.833. The van der Waals surface area contributed by atoms with E-state index in [9.17, 15) is 0 Å². The fourth-order valence-corrected chi connectivity index (χ4v) is 4.13. The SMILES string of the molecule is C=CCN1CCN(C(CC(C)C)c2nnnn2C2CCCC2)CC1.Cl. The first-order chi connectivity index (χ1) is 11.7. The lowest BCUT2D eigenvalue weighted by molar-refractivity contribution is 0.0853. The third-order valence-corrected chi connectivity index (χ3v) is 5.42. The van der Waals surface area contributed by atoms with Gasteiger partial charge in [-0.3, -0.25) is 9.80 Å². The van der Waals surface area contributed by atoms with Gasteiger partial charge < -0.3 is 0 Å². The van der Waals surface area contributed by atoms with Crippen LogP contribution in [0.5, 0.6) is 0 Å². The van der Waals surface area contributed by atoms with Crippen LogP contribution in [0.15, 0.2) is 12.7 Å². The minimum absolute atomic E-state index is 0. The Kier molecular flexibility index (Phi) is 7.84. The Labute approximate surface area is 158 Å². The van der Waals surface area contributed by atoms with Crippen molar-refractivity contribution in [2.45, 2.75) is 58.0 Å². The van der Waals surface area contributed by atoms with Gasteiger partial charge in [-0.25, -0.2) is 4.68 Å². The average Bonchev–Trinajstić information content (AvgIpc) is 3.24. The van der Waals surface area contributed by atoms with E-state index in [1.807, 2.05) is 6.08 Å². The van der Waals surface area contributed by atoms with E-state index in [0.29, 0.717) is 18.0 Å². The molecular formula is C18H33ClN6. The molecule has 2 aliphatic rings. The van der Waals surface area contributed by atoms with Gasteiger partial charge in [0.25, 0.3) is 0 Å². The molecule has 25 heavy (non-hydrogen) atoms. The van der Waals surface area contributed by atoms with Crippen LogP contribution in [0, 0.1) is 5.92 Å². The van der Waals surface area contributed by atoms with Crippen molar-refractivity contribution >= 4 is 12.4 Å². The molecule has 2 heterocycles. The number of piperazine rings is 1. The number of tetrazole rings is 1. The zero-order valence-electron chi connectivity index (χ0n) is 15.7. The summed E-state index contributed by atoms with van der Waals surface area (Å²) in [6.07, 6.45) is 8.17. The number of hydrogen-bond acceptors (Lipinski definition) is 5. The Morgan fingerprint density at radius 1 is 1.16 bits per heavy atom. The highest BCUT2D eigenvalue weighted by Gasteiger charge is 2.31. The summed E-state index contributed by atoms with van der Waals surface area (Å²) < 4.78 is 2.15. The second-order valence-corrected chi connectivity index (χ2v) is 7.69. The Morgan fingerprint density at radius 2 is 1.84 bits per heavy atom. The van der Waals surface area contributed by atoms with Crippen molar-refractivity contribution in [2.75, 3.05) is 32.7 Å². The topological polar surface area (TPSA) is 50.1 Å². The molecule has 1 aliphatic carbocycles. The highest BCUT2D eigenvalue weighted by Crippen LogP contribution is 2.33. The predicted molar refractivity (Wildman–Crippen MR) is 103 cm³/mol. The average molecular weight is 369 g/mol. The summed E-state index contributed by atoms with van der Waals surface area (Å²) in [6.45, 7) is 13.8. The molecule has 142 valence electrons. The number of hydrogen-bond donors (Lipinski definition) is 0. The largest absolute Gasteiger partial charge is 0.297 e. The van der Waals surface area contributed by atoms with Gasteiger partial charge in [0.05, 0.1) is 12.1 Å². The summed E-state index contributed by atoms with van der Waals surface area (Å²) >= 11 is 0. The van der Waals surface area contributed by atoms with Crippen molar-refractivity contribution in [1.29, 1.82) is 0 Å². The van der Waals surface area contributed by atoms with E-state index < -0.39 is 0 Å². The van der Waals surface area contributed by atoms with E-state index in [-0.39, 0.29) is 12.4 Å². The van der Waals surface area contributed by atoms with Crippen LogP contribution in [0.2, 0.25) is 0 Å². The molecule has 0 amide bonds.